The van der Waals surface area contributed by atoms with Crippen molar-refractivity contribution < 1.29 is 18.5 Å². The molecule has 1 aliphatic heterocycles. The molecule has 0 saturated carbocycles. The number of morpholine rings is 1. The Balaban J connectivity index is 1.41. The van der Waals surface area contributed by atoms with Crippen LogP contribution in [-0.4, -0.2) is 58.5 Å². The molecular formula is C26H25ClN6O4S. The van der Waals surface area contributed by atoms with Crippen LogP contribution in [-0.2, 0) is 15.7 Å². The standard InChI is InChI=1S/C26H25ClN6O4S/c1-36-18-9-10-20(27)23(16-18)30-24-25(29-22-8-3-2-7-21(22)28-24)32-38(35)19-6-4-5-17(15-19)26(34)31-33-11-13-37-14-12-33/h2-10,15-16H,11-14H2,1H3,(H,28,30)(H,29,32)(H,31,34). The van der Waals surface area contributed by atoms with E-state index in [1.165, 1.54) is 0 Å². The molecule has 1 fully saturated rings. The van der Waals surface area contributed by atoms with Crippen LogP contribution in [0.5, 0.6) is 5.75 Å². The second-order valence-corrected chi connectivity index (χ2v) is 9.94. The van der Waals surface area contributed by atoms with Gasteiger partial charge in [0.2, 0.25) is 0 Å². The van der Waals surface area contributed by atoms with E-state index in [1.54, 1.807) is 54.6 Å². The van der Waals surface area contributed by atoms with E-state index in [2.05, 4.69) is 25.4 Å². The predicted molar refractivity (Wildman–Crippen MR) is 147 cm³/mol. The van der Waals surface area contributed by atoms with Crippen molar-refractivity contribution in [2.75, 3.05) is 43.5 Å². The lowest BCUT2D eigenvalue weighted by Crippen LogP contribution is -2.48. The molecule has 1 aromatic heterocycles. The predicted octanol–water partition coefficient (Wildman–Crippen LogP) is 4.15. The Kier molecular flexibility index (Phi) is 7.99. The molecule has 0 spiro atoms. The third-order valence-electron chi connectivity index (χ3n) is 5.77. The Bertz CT molecular complexity index is 1500. The van der Waals surface area contributed by atoms with E-state index in [-0.39, 0.29) is 11.7 Å². The molecule has 12 heteroatoms. The topological polar surface area (TPSA) is 118 Å². The van der Waals surface area contributed by atoms with Crippen molar-refractivity contribution in [3.8, 4) is 5.75 Å². The number of methoxy groups -OCH3 is 1. The number of carbonyl (C=O) groups is 1. The molecule has 5 rings (SSSR count). The summed E-state index contributed by atoms with van der Waals surface area (Å²) in [6, 6.07) is 19.1. The van der Waals surface area contributed by atoms with E-state index in [4.69, 9.17) is 21.1 Å². The van der Waals surface area contributed by atoms with E-state index in [1.807, 2.05) is 24.3 Å². The van der Waals surface area contributed by atoms with Gasteiger partial charge < -0.3 is 14.8 Å². The third-order valence-corrected chi connectivity index (χ3v) is 7.16. The second kappa shape index (κ2) is 11.7. The number of ether oxygens (including phenoxy) is 2. The maximum Gasteiger partial charge on any atom is 0.265 e. The summed E-state index contributed by atoms with van der Waals surface area (Å²) in [6.07, 6.45) is 0. The van der Waals surface area contributed by atoms with Crippen LogP contribution in [0.2, 0.25) is 5.02 Å². The van der Waals surface area contributed by atoms with E-state index >= 15 is 0 Å². The number of nitrogens with zero attached hydrogens (tertiary/aromatic N) is 3. The number of para-hydroxylation sites is 2. The Morgan fingerprint density at radius 3 is 2.47 bits per heavy atom. The fourth-order valence-corrected chi connectivity index (χ4v) is 4.83. The van der Waals surface area contributed by atoms with Crippen molar-refractivity contribution in [2.45, 2.75) is 4.90 Å². The number of aromatic nitrogens is 2. The number of amides is 1. The van der Waals surface area contributed by atoms with Crippen molar-refractivity contribution in [1.29, 1.82) is 0 Å². The summed E-state index contributed by atoms with van der Waals surface area (Å²) in [7, 11) is -0.190. The average molecular weight is 553 g/mol. The molecule has 3 aromatic carbocycles. The number of benzene rings is 3. The second-order valence-electron chi connectivity index (χ2n) is 8.32. The molecule has 1 atom stereocenters. The van der Waals surface area contributed by atoms with Crippen LogP contribution >= 0.6 is 11.6 Å². The van der Waals surface area contributed by atoms with Crippen LogP contribution in [0, 0.1) is 0 Å². The van der Waals surface area contributed by atoms with Crippen LogP contribution in [0.4, 0.5) is 17.3 Å². The van der Waals surface area contributed by atoms with Crippen LogP contribution in [0.15, 0.2) is 71.6 Å². The van der Waals surface area contributed by atoms with Crippen molar-refractivity contribution >= 4 is 56.9 Å². The minimum absolute atomic E-state index is 0.254. The number of halogens is 1. The Labute approximate surface area is 226 Å². The van der Waals surface area contributed by atoms with Crippen molar-refractivity contribution in [2.24, 2.45) is 0 Å². The van der Waals surface area contributed by atoms with Gasteiger partial charge in [-0.3, -0.25) is 14.9 Å². The number of hydrogen-bond donors (Lipinski definition) is 3. The molecule has 3 N–H and O–H groups in total. The average Bonchev–Trinajstić information content (AvgIpc) is 2.95. The van der Waals surface area contributed by atoms with Crippen LogP contribution in [0.1, 0.15) is 10.4 Å². The van der Waals surface area contributed by atoms with Crippen LogP contribution < -0.4 is 20.2 Å². The number of fused-ring (bicyclic) bond motifs is 1. The van der Waals surface area contributed by atoms with E-state index in [9.17, 15) is 9.00 Å². The highest BCUT2D eigenvalue weighted by molar-refractivity contribution is 7.86. The van der Waals surface area contributed by atoms with Gasteiger partial charge >= 0.3 is 0 Å². The molecule has 4 aromatic rings. The van der Waals surface area contributed by atoms with Gasteiger partial charge in [0.05, 0.1) is 47.0 Å². The first-order chi connectivity index (χ1) is 18.5. The van der Waals surface area contributed by atoms with Crippen LogP contribution in [0.3, 0.4) is 0 Å². The summed E-state index contributed by atoms with van der Waals surface area (Å²) in [5.74, 6) is 0.902. The summed E-state index contributed by atoms with van der Waals surface area (Å²) in [5.41, 5.74) is 5.06. The molecule has 0 bridgehead atoms. The number of carbonyl (C=O) groups excluding carboxylic acids is 1. The number of anilines is 3. The smallest absolute Gasteiger partial charge is 0.265 e. The van der Waals surface area contributed by atoms with Gasteiger partial charge in [0, 0.05) is 24.7 Å². The fraction of sp³-hybridized carbons (Fsp3) is 0.192. The summed E-state index contributed by atoms with van der Waals surface area (Å²) in [4.78, 5) is 22.5. The molecule has 1 amide bonds. The Morgan fingerprint density at radius 1 is 1.00 bits per heavy atom. The van der Waals surface area contributed by atoms with Crippen molar-refractivity contribution in [1.82, 2.24) is 20.4 Å². The van der Waals surface area contributed by atoms with E-state index in [0.717, 1.165) is 0 Å². The summed E-state index contributed by atoms with van der Waals surface area (Å²) < 4.78 is 26.9. The molecule has 0 aliphatic carbocycles. The van der Waals surface area contributed by atoms with Gasteiger partial charge in [-0.2, -0.15) is 0 Å². The minimum atomic E-state index is -1.75. The van der Waals surface area contributed by atoms with Gasteiger partial charge in [-0.15, -0.1) is 0 Å². The maximum atomic E-state index is 13.4. The highest BCUT2D eigenvalue weighted by Gasteiger charge is 2.18. The molecule has 38 heavy (non-hydrogen) atoms. The van der Waals surface area contributed by atoms with E-state index < -0.39 is 11.0 Å². The number of nitrogens with one attached hydrogen (secondary N) is 3. The lowest BCUT2D eigenvalue weighted by atomic mass is 10.2. The number of rotatable bonds is 8. The largest absolute Gasteiger partial charge is 0.497 e. The quantitative estimate of drug-likeness (QED) is 0.298. The fourth-order valence-electron chi connectivity index (χ4n) is 3.80. The lowest BCUT2D eigenvalue weighted by molar-refractivity contribution is 0.0126. The van der Waals surface area contributed by atoms with Crippen molar-refractivity contribution in [3.05, 3.63) is 77.3 Å². The monoisotopic (exact) mass is 552 g/mol. The number of hydrogen-bond acceptors (Lipinski definition) is 8. The Morgan fingerprint density at radius 2 is 1.74 bits per heavy atom. The first-order valence-corrected chi connectivity index (χ1v) is 13.3. The summed E-state index contributed by atoms with van der Waals surface area (Å²) >= 11 is 6.40. The zero-order chi connectivity index (χ0) is 26.5. The molecule has 1 unspecified atom stereocenters. The molecule has 2 heterocycles. The third kappa shape index (κ3) is 6.03. The van der Waals surface area contributed by atoms with E-state index in [0.29, 0.717) is 70.1 Å². The van der Waals surface area contributed by atoms with Crippen molar-refractivity contribution in [3.63, 3.8) is 0 Å². The summed E-state index contributed by atoms with van der Waals surface area (Å²) in [5, 5.41) is 5.43. The SMILES string of the molecule is COc1ccc(Cl)c(Nc2nc3ccccc3nc2NS(=O)c2cccc(C(=O)NN3CCOCC3)c2)c1. The molecular weight excluding hydrogens is 528 g/mol. The molecule has 10 nitrogen and oxygen atoms in total. The van der Waals surface area contributed by atoms with Gasteiger partial charge in [-0.25, -0.2) is 19.2 Å². The van der Waals surface area contributed by atoms with Gasteiger partial charge in [-0.1, -0.05) is 29.8 Å². The highest BCUT2D eigenvalue weighted by atomic mass is 35.5. The Hall–Kier alpha value is -3.77. The molecule has 1 saturated heterocycles. The maximum absolute atomic E-state index is 13.4. The van der Waals surface area contributed by atoms with Gasteiger partial charge in [0.15, 0.2) is 22.6 Å². The zero-order valence-corrected chi connectivity index (χ0v) is 22.0. The van der Waals surface area contributed by atoms with Gasteiger partial charge in [0.25, 0.3) is 5.91 Å². The molecule has 196 valence electrons. The van der Waals surface area contributed by atoms with Gasteiger partial charge in [0.1, 0.15) is 5.75 Å². The lowest BCUT2D eigenvalue weighted by Gasteiger charge is -2.26. The zero-order valence-electron chi connectivity index (χ0n) is 20.4. The molecule has 0 radical (unpaired) electrons. The summed E-state index contributed by atoms with van der Waals surface area (Å²) in [6.45, 7) is 2.32. The first-order valence-electron chi connectivity index (χ1n) is 11.8. The molecule has 1 aliphatic rings. The first kappa shape index (κ1) is 25.9. The minimum Gasteiger partial charge on any atom is -0.497 e. The van der Waals surface area contributed by atoms with Crippen LogP contribution in [0.25, 0.3) is 11.0 Å². The highest BCUT2D eigenvalue weighted by Crippen LogP contribution is 2.32. The normalized spacial score (nSPS) is 14.6. The number of hydrazine groups is 1. The van der Waals surface area contributed by atoms with Gasteiger partial charge in [-0.05, 0) is 42.5 Å².